The molecular formula is C17H21N3O4S. The van der Waals surface area contributed by atoms with Gasteiger partial charge in [-0.25, -0.2) is 17.8 Å². The predicted molar refractivity (Wildman–Crippen MR) is 93.4 cm³/mol. The summed E-state index contributed by atoms with van der Waals surface area (Å²) in [5, 5.41) is 4.33. The monoisotopic (exact) mass is 363 g/mol. The average molecular weight is 363 g/mol. The van der Waals surface area contributed by atoms with E-state index >= 15 is 0 Å². The lowest BCUT2D eigenvalue weighted by Crippen LogP contribution is -2.32. The van der Waals surface area contributed by atoms with Crippen molar-refractivity contribution in [2.75, 3.05) is 13.7 Å². The minimum Gasteiger partial charge on any atom is -0.496 e. The highest BCUT2D eigenvalue weighted by atomic mass is 32.2. The Hall–Kier alpha value is -2.19. The van der Waals surface area contributed by atoms with Crippen molar-refractivity contribution >= 4 is 10.0 Å². The number of benzene rings is 1. The Morgan fingerprint density at radius 3 is 2.80 bits per heavy atom. The van der Waals surface area contributed by atoms with E-state index in [2.05, 4.69) is 9.82 Å². The third kappa shape index (κ3) is 3.74. The van der Waals surface area contributed by atoms with E-state index in [4.69, 9.17) is 4.74 Å². The highest BCUT2D eigenvalue weighted by molar-refractivity contribution is 7.89. The first-order chi connectivity index (χ1) is 11.9. The summed E-state index contributed by atoms with van der Waals surface area (Å²) in [6.07, 6.45) is 2.77. The molecule has 1 aromatic heterocycles. The molecule has 2 aromatic rings. The van der Waals surface area contributed by atoms with Crippen molar-refractivity contribution in [2.24, 2.45) is 0 Å². The fourth-order valence-corrected chi connectivity index (χ4v) is 4.09. The van der Waals surface area contributed by atoms with Crippen molar-refractivity contribution in [2.45, 2.75) is 37.6 Å². The zero-order valence-electron chi connectivity index (χ0n) is 14.3. The van der Waals surface area contributed by atoms with Gasteiger partial charge in [-0.05, 0) is 55.5 Å². The Labute approximate surface area is 146 Å². The SMILES string of the molecule is COc1ccc(S(=O)(=O)NCCn2nc3c(cc2=O)CCC3)cc1C. The first-order valence-electron chi connectivity index (χ1n) is 8.15. The normalized spacial score (nSPS) is 13.7. The van der Waals surface area contributed by atoms with Crippen LogP contribution in [0.1, 0.15) is 23.2 Å². The van der Waals surface area contributed by atoms with Gasteiger partial charge in [-0.1, -0.05) is 0 Å². The van der Waals surface area contributed by atoms with Gasteiger partial charge in [0.05, 0.1) is 24.2 Å². The summed E-state index contributed by atoms with van der Waals surface area (Å²) in [7, 11) is -2.11. The summed E-state index contributed by atoms with van der Waals surface area (Å²) in [4.78, 5) is 12.2. The van der Waals surface area contributed by atoms with Crippen molar-refractivity contribution in [3.8, 4) is 5.75 Å². The van der Waals surface area contributed by atoms with Crippen LogP contribution in [0.25, 0.3) is 0 Å². The number of sulfonamides is 1. The molecule has 1 aromatic carbocycles. The Morgan fingerprint density at radius 1 is 1.28 bits per heavy atom. The van der Waals surface area contributed by atoms with Gasteiger partial charge < -0.3 is 4.74 Å². The zero-order valence-corrected chi connectivity index (χ0v) is 15.1. The molecule has 1 heterocycles. The van der Waals surface area contributed by atoms with Crippen LogP contribution in [0.3, 0.4) is 0 Å². The van der Waals surface area contributed by atoms with E-state index in [0.717, 1.165) is 36.1 Å². The average Bonchev–Trinajstić information content (AvgIpc) is 3.01. The van der Waals surface area contributed by atoms with E-state index in [9.17, 15) is 13.2 Å². The van der Waals surface area contributed by atoms with E-state index < -0.39 is 10.0 Å². The number of aryl methyl sites for hydroxylation is 3. The molecular weight excluding hydrogens is 342 g/mol. The number of nitrogens with zero attached hydrogens (tertiary/aromatic N) is 2. The smallest absolute Gasteiger partial charge is 0.267 e. The molecule has 0 bridgehead atoms. The van der Waals surface area contributed by atoms with Crippen LogP contribution in [0.15, 0.2) is 34.0 Å². The maximum absolute atomic E-state index is 12.4. The number of nitrogens with one attached hydrogen (secondary N) is 1. The molecule has 3 rings (SSSR count). The highest BCUT2D eigenvalue weighted by Crippen LogP contribution is 2.21. The fraction of sp³-hybridized carbons (Fsp3) is 0.412. The van der Waals surface area contributed by atoms with Gasteiger partial charge in [0.2, 0.25) is 10.0 Å². The van der Waals surface area contributed by atoms with Crippen molar-refractivity contribution in [3.63, 3.8) is 0 Å². The summed E-state index contributed by atoms with van der Waals surface area (Å²) >= 11 is 0. The standard InChI is InChI=1S/C17H21N3O4S/c1-12-10-14(6-7-16(12)24-2)25(22,23)18-8-9-20-17(21)11-13-4-3-5-15(13)19-20/h6-7,10-11,18H,3-5,8-9H2,1-2H3. The van der Waals surface area contributed by atoms with E-state index in [1.54, 1.807) is 25.1 Å². The number of aromatic nitrogens is 2. The molecule has 1 aliphatic rings. The number of ether oxygens (including phenoxy) is 1. The molecule has 0 unspecified atom stereocenters. The second-order valence-electron chi connectivity index (χ2n) is 6.06. The van der Waals surface area contributed by atoms with Crippen LogP contribution < -0.4 is 15.0 Å². The van der Waals surface area contributed by atoms with Gasteiger partial charge in [-0.15, -0.1) is 0 Å². The van der Waals surface area contributed by atoms with Gasteiger partial charge >= 0.3 is 0 Å². The van der Waals surface area contributed by atoms with Crippen molar-refractivity contribution in [1.29, 1.82) is 0 Å². The van der Waals surface area contributed by atoms with Gasteiger partial charge in [-0.2, -0.15) is 5.10 Å². The highest BCUT2D eigenvalue weighted by Gasteiger charge is 2.17. The third-order valence-corrected chi connectivity index (χ3v) is 5.77. The maximum Gasteiger partial charge on any atom is 0.267 e. The molecule has 0 saturated heterocycles. The largest absolute Gasteiger partial charge is 0.496 e. The summed E-state index contributed by atoms with van der Waals surface area (Å²) in [6, 6.07) is 6.28. The number of rotatable bonds is 6. The molecule has 25 heavy (non-hydrogen) atoms. The van der Waals surface area contributed by atoms with Crippen LogP contribution in [-0.2, 0) is 29.4 Å². The van der Waals surface area contributed by atoms with Crippen LogP contribution in [-0.4, -0.2) is 31.9 Å². The fourth-order valence-electron chi connectivity index (χ4n) is 2.99. The lowest BCUT2D eigenvalue weighted by molar-refractivity contribution is 0.411. The van der Waals surface area contributed by atoms with Crippen LogP contribution in [0, 0.1) is 6.92 Å². The predicted octanol–water partition coefficient (Wildman–Crippen LogP) is 1.03. The lowest BCUT2D eigenvalue weighted by Gasteiger charge is -2.11. The number of hydrogen-bond acceptors (Lipinski definition) is 5. The maximum atomic E-state index is 12.4. The zero-order chi connectivity index (χ0) is 18.0. The van der Waals surface area contributed by atoms with Gasteiger partial charge in [0.1, 0.15) is 5.75 Å². The first-order valence-corrected chi connectivity index (χ1v) is 9.63. The van der Waals surface area contributed by atoms with Crippen LogP contribution in [0.2, 0.25) is 0 Å². The first kappa shape index (κ1) is 17.6. The minimum absolute atomic E-state index is 0.0963. The van der Waals surface area contributed by atoms with Crippen LogP contribution in [0.4, 0.5) is 0 Å². The molecule has 134 valence electrons. The Kier molecular flexibility index (Phi) is 4.91. The summed E-state index contributed by atoms with van der Waals surface area (Å²) < 4.78 is 33.8. The molecule has 0 fully saturated rings. The number of hydrogen-bond donors (Lipinski definition) is 1. The van der Waals surface area contributed by atoms with E-state index in [0.29, 0.717) is 5.75 Å². The second-order valence-corrected chi connectivity index (χ2v) is 7.83. The molecule has 1 N–H and O–H groups in total. The van der Waals surface area contributed by atoms with Gasteiger partial charge in [0, 0.05) is 12.6 Å². The van der Waals surface area contributed by atoms with E-state index in [1.807, 2.05) is 0 Å². The lowest BCUT2D eigenvalue weighted by atomic mass is 10.2. The molecule has 0 aliphatic heterocycles. The molecule has 0 atom stereocenters. The minimum atomic E-state index is -3.65. The molecule has 7 nitrogen and oxygen atoms in total. The summed E-state index contributed by atoms with van der Waals surface area (Å²) in [5.74, 6) is 0.632. The quantitative estimate of drug-likeness (QED) is 0.828. The molecule has 0 amide bonds. The van der Waals surface area contributed by atoms with Gasteiger partial charge in [-0.3, -0.25) is 4.79 Å². The van der Waals surface area contributed by atoms with Crippen molar-refractivity contribution in [3.05, 3.63) is 51.4 Å². The summed E-state index contributed by atoms with van der Waals surface area (Å²) in [6.45, 7) is 2.07. The Bertz CT molecular complexity index is 951. The van der Waals surface area contributed by atoms with Crippen molar-refractivity contribution < 1.29 is 13.2 Å². The third-order valence-electron chi connectivity index (χ3n) is 4.32. The van der Waals surface area contributed by atoms with Gasteiger partial charge in [0.25, 0.3) is 5.56 Å². The topological polar surface area (TPSA) is 90.3 Å². The molecule has 0 saturated carbocycles. The number of methoxy groups -OCH3 is 1. The number of fused-ring (bicyclic) bond motifs is 1. The van der Waals surface area contributed by atoms with Crippen LogP contribution >= 0.6 is 0 Å². The van der Waals surface area contributed by atoms with Crippen molar-refractivity contribution in [1.82, 2.24) is 14.5 Å². The summed E-state index contributed by atoms with van der Waals surface area (Å²) in [5.41, 5.74) is 2.49. The molecule has 1 aliphatic carbocycles. The van der Waals surface area contributed by atoms with E-state index in [1.165, 1.54) is 17.9 Å². The van der Waals surface area contributed by atoms with E-state index in [-0.39, 0.29) is 23.5 Å². The Balaban J connectivity index is 1.69. The second kappa shape index (κ2) is 6.97. The molecule has 8 heteroatoms. The molecule has 0 radical (unpaired) electrons. The van der Waals surface area contributed by atoms with Gasteiger partial charge in [0.15, 0.2) is 0 Å². The molecule has 0 spiro atoms. The Morgan fingerprint density at radius 2 is 2.08 bits per heavy atom. The van der Waals surface area contributed by atoms with Crippen LogP contribution in [0.5, 0.6) is 5.75 Å².